The van der Waals surface area contributed by atoms with Crippen LogP contribution in [-0.2, 0) is 9.53 Å². The summed E-state index contributed by atoms with van der Waals surface area (Å²) in [7, 11) is 0. The average Bonchev–Trinajstić information content (AvgIpc) is 3.05. The molecule has 2 amide bonds. The molecule has 0 radical (unpaired) electrons. The van der Waals surface area contributed by atoms with Crippen molar-refractivity contribution in [2.45, 2.75) is 13.8 Å². The number of pyridine rings is 1. The highest BCUT2D eigenvalue weighted by atomic mass is 35.5. The van der Waals surface area contributed by atoms with Gasteiger partial charge in [-0.3, -0.25) is 9.59 Å². The largest absolute Gasteiger partial charge is 0.378 e. The van der Waals surface area contributed by atoms with Gasteiger partial charge in [0, 0.05) is 36.1 Å². The average molecular weight is 430 g/mol. The van der Waals surface area contributed by atoms with E-state index in [0.29, 0.717) is 41.9 Å². The lowest BCUT2D eigenvalue weighted by molar-refractivity contribution is -0.114. The quantitative estimate of drug-likeness (QED) is 0.671. The van der Waals surface area contributed by atoms with Crippen molar-refractivity contribution in [3.63, 3.8) is 0 Å². The number of nitrogens with zero attached hydrogens (tertiary/aromatic N) is 2. The van der Waals surface area contributed by atoms with Gasteiger partial charge in [-0.15, -0.1) is 11.3 Å². The van der Waals surface area contributed by atoms with Crippen LogP contribution in [0, 0.1) is 6.92 Å². The smallest absolute Gasteiger partial charge is 0.266 e. The molecule has 6 nitrogen and oxygen atoms in total. The first-order chi connectivity index (χ1) is 13.9. The zero-order valence-corrected chi connectivity index (χ0v) is 17.7. The number of aromatic nitrogens is 1. The lowest BCUT2D eigenvalue weighted by Gasteiger charge is -2.26. The van der Waals surface area contributed by atoms with Crippen LogP contribution in [0.2, 0.25) is 5.02 Å². The fourth-order valence-electron chi connectivity index (χ4n) is 3.43. The number of nitrogens with one attached hydrogen (secondary N) is 1. The molecule has 1 aliphatic rings. The lowest BCUT2D eigenvalue weighted by Crippen LogP contribution is -2.40. The van der Waals surface area contributed by atoms with Gasteiger partial charge in [0.2, 0.25) is 5.91 Å². The highest BCUT2D eigenvalue weighted by Gasteiger charge is 2.27. The number of aryl methyl sites for hydroxylation is 1. The van der Waals surface area contributed by atoms with Gasteiger partial charge in [0.15, 0.2) is 0 Å². The van der Waals surface area contributed by atoms with E-state index in [2.05, 4.69) is 10.3 Å². The minimum Gasteiger partial charge on any atom is -0.378 e. The highest BCUT2D eigenvalue weighted by Crippen LogP contribution is 2.42. The van der Waals surface area contributed by atoms with Gasteiger partial charge in [-0.2, -0.15) is 0 Å². The van der Waals surface area contributed by atoms with E-state index in [1.165, 1.54) is 18.3 Å². The monoisotopic (exact) mass is 429 g/mol. The molecule has 1 aromatic carbocycles. The molecule has 4 rings (SSSR count). The SMILES string of the molecule is CC(=O)Nc1c(C(=O)N2CCOCC2)sc2nc(C)cc(-c3ccc(Cl)cc3)c12. The van der Waals surface area contributed by atoms with E-state index in [-0.39, 0.29) is 11.8 Å². The summed E-state index contributed by atoms with van der Waals surface area (Å²) >= 11 is 7.36. The Morgan fingerprint density at radius 2 is 1.90 bits per heavy atom. The van der Waals surface area contributed by atoms with Crippen LogP contribution < -0.4 is 5.32 Å². The van der Waals surface area contributed by atoms with Crippen molar-refractivity contribution >= 4 is 50.7 Å². The van der Waals surface area contributed by atoms with Crippen LogP contribution in [0.4, 0.5) is 5.69 Å². The highest BCUT2D eigenvalue weighted by molar-refractivity contribution is 7.21. The zero-order valence-electron chi connectivity index (χ0n) is 16.1. The van der Waals surface area contributed by atoms with Crippen LogP contribution in [0.1, 0.15) is 22.3 Å². The van der Waals surface area contributed by atoms with Crippen molar-refractivity contribution in [3.8, 4) is 11.1 Å². The topological polar surface area (TPSA) is 71.5 Å². The van der Waals surface area contributed by atoms with E-state index in [4.69, 9.17) is 16.3 Å². The maximum atomic E-state index is 13.2. The number of anilines is 1. The Morgan fingerprint density at radius 3 is 2.55 bits per heavy atom. The number of amides is 2. The van der Waals surface area contributed by atoms with Crippen molar-refractivity contribution in [2.75, 3.05) is 31.6 Å². The number of halogens is 1. The summed E-state index contributed by atoms with van der Waals surface area (Å²) in [6.45, 7) is 5.45. The van der Waals surface area contributed by atoms with Crippen LogP contribution in [0.3, 0.4) is 0 Å². The van der Waals surface area contributed by atoms with Gasteiger partial charge in [0.1, 0.15) is 9.71 Å². The van der Waals surface area contributed by atoms with E-state index in [1.54, 1.807) is 4.90 Å². The molecular weight excluding hydrogens is 410 g/mol. The second kappa shape index (κ2) is 8.10. The molecule has 8 heteroatoms. The number of carbonyl (C=O) groups is 2. The van der Waals surface area contributed by atoms with E-state index in [9.17, 15) is 9.59 Å². The van der Waals surface area contributed by atoms with Gasteiger partial charge >= 0.3 is 0 Å². The van der Waals surface area contributed by atoms with Crippen molar-refractivity contribution in [2.24, 2.45) is 0 Å². The molecular formula is C21H20ClN3O3S. The summed E-state index contributed by atoms with van der Waals surface area (Å²) in [5.74, 6) is -0.344. The molecule has 0 bridgehead atoms. The Labute approximate surface area is 177 Å². The maximum Gasteiger partial charge on any atom is 0.266 e. The zero-order chi connectivity index (χ0) is 20.5. The molecule has 0 saturated carbocycles. The van der Waals surface area contributed by atoms with Crippen molar-refractivity contribution in [1.82, 2.24) is 9.88 Å². The molecule has 3 heterocycles. The summed E-state index contributed by atoms with van der Waals surface area (Å²) in [4.78, 5) is 32.8. The summed E-state index contributed by atoms with van der Waals surface area (Å²) in [6.07, 6.45) is 0. The Kier molecular flexibility index (Phi) is 5.54. The maximum absolute atomic E-state index is 13.2. The first-order valence-electron chi connectivity index (χ1n) is 9.28. The second-order valence-corrected chi connectivity index (χ2v) is 8.33. The number of morpholine rings is 1. The molecule has 1 aliphatic heterocycles. The minimum atomic E-state index is -0.233. The molecule has 2 aromatic heterocycles. The number of fused-ring (bicyclic) bond motifs is 1. The first-order valence-corrected chi connectivity index (χ1v) is 10.5. The van der Waals surface area contributed by atoms with Crippen LogP contribution in [0.25, 0.3) is 21.3 Å². The van der Waals surface area contributed by atoms with Crippen LogP contribution in [-0.4, -0.2) is 48.0 Å². The summed E-state index contributed by atoms with van der Waals surface area (Å²) in [5.41, 5.74) is 3.21. The van der Waals surface area contributed by atoms with Crippen LogP contribution >= 0.6 is 22.9 Å². The third kappa shape index (κ3) is 3.99. The number of benzene rings is 1. The van der Waals surface area contributed by atoms with Gasteiger partial charge in [-0.1, -0.05) is 23.7 Å². The van der Waals surface area contributed by atoms with E-state index < -0.39 is 0 Å². The first kappa shape index (κ1) is 19.8. The minimum absolute atomic E-state index is 0.111. The fraction of sp³-hybridized carbons (Fsp3) is 0.286. The Balaban J connectivity index is 1.93. The fourth-order valence-corrected chi connectivity index (χ4v) is 4.73. The third-order valence-electron chi connectivity index (χ3n) is 4.74. The molecule has 0 aliphatic carbocycles. The molecule has 150 valence electrons. The van der Waals surface area contributed by atoms with Crippen molar-refractivity contribution in [3.05, 3.63) is 45.9 Å². The molecule has 29 heavy (non-hydrogen) atoms. The van der Waals surface area contributed by atoms with E-state index >= 15 is 0 Å². The van der Waals surface area contributed by atoms with Crippen LogP contribution in [0.5, 0.6) is 0 Å². The van der Waals surface area contributed by atoms with Crippen LogP contribution in [0.15, 0.2) is 30.3 Å². The summed E-state index contributed by atoms with van der Waals surface area (Å²) < 4.78 is 5.36. The molecule has 1 saturated heterocycles. The number of thiophene rings is 1. The lowest BCUT2D eigenvalue weighted by atomic mass is 10.0. The Bertz CT molecular complexity index is 1090. The summed E-state index contributed by atoms with van der Waals surface area (Å²) in [6, 6.07) is 9.46. The molecule has 0 unspecified atom stereocenters. The van der Waals surface area contributed by atoms with Gasteiger partial charge in [-0.05, 0) is 36.2 Å². The normalized spacial score (nSPS) is 14.2. The second-order valence-electron chi connectivity index (χ2n) is 6.89. The number of hydrogen-bond acceptors (Lipinski definition) is 5. The number of ether oxygens (including phenoxy) is 1. The Morgan fingerprint density at radius 1 is 1.21 bits per heavy atom. The molecule has 0 atom stereocenters. The van der Waals surface area contributed by atoms with Crippen molar-refractivity contribution in [1.29, 1.82) is 0 Å². The number of carbonyl (C=O) groups excluding carboxylic acids is 2. The summed E-state index contributed by atoms with van der Waals surface area (Å²) in [5, 5.41) is 4.30. The Hall–Kier alpha value is -2.48. The van der Waals surface area contributed by atoms with Gasteiger partial charge in [-0.25, -0.2) is 4.98 Å². The third-order valence-corrected chi connectivity index (χ3v) is 6.06. The molecule has 0 spiro atoms. The predicted molar refractivity (Wildman–Crippen MR) is 116 cm³/mol. The van der Waals surface area contributed by atoms with Gasteiger partial charge in [0.05, 0.1) is 18.9 Å². The van der Waals surface area contributed by atoms with E-state index in [1.807, 2.05) is 37.3 Å². The number of hydrogen-bond donors (Lipinski definition) is 1. The molecule has 1 N–H and O–H groups in total. The molecule has 1 fully saturated rings. The van der Waals surface area contributed by atoms with Gasteiger partial charge < -0.3 is 15.0 Å². The van der Waals surface area contributed by atoms with Crippen molar-refractivity contribution < 1.29 is 14.3 Å². The number of rotatable bonds is 3. The van der Waals surface area contributed by atoms with E-state index in [0.717, 1.165) is 27.0 Å². The standard InChI is InChI=1S/C21H20ClN3O3S/c1-12-11-16(14-3-5-15(22)6-4-14)17-18(24-13(2)26)19(29-20(17)23-12)21(27)25-7-9-28-10-8-25/h3-6,11H,7-10H2,1-2H3,(H,24,26). The predicted octanol–water partition coefficient (Wildman–Crippen LogP) is 4.36. The van der Waals surface area contributed by atoms with Gasteiger partial charge in [0.25, 0.3) is 5.91 Å². The molecule has 3 aromatic rings.